The van der Waals surface area contributed by atoms with Crippen LogP contribution in [0, 0.1) is 0 Å². The number of piperidine rings is 1. The highest BCUT2D eigenvalue weighted by atomic mass is 79.9. The fourth-order valence-electron chi connectivity index (χ4n) is 2.78. The standard InChI is InChI=1S/C16H18BrNO2/c17-15-7-6-14(20-15)12-18-10-8-16(19,9-11-18)13-4-2-1-3-5-13/h1-7,19H,8-12H2. The summed E-state index contributed by atoms with van der Waals surface area (Å²) in [5, 5.41) is 10.8. The van der Waals surface area contributed by atoms with E-state index in [1.165, 1.54) is 0 Å². The van der Waals surface area contributed by atoms with Crippen LogP contribution in [0.5, 0.6) is 0 Å². The molecular weight excluding hydrogens is 318 g/mol. The highest BCUT2D eigenvalue weighted by Crippen LogP contribution is 2.33. The van der Waals surface area contributed by atoms with E-state index in [1.54, 1.807) is 0 Å². The molecule has 1 aromatic carbocycles. The molecule has 1 aliphatic heterocycles. The Bertz CT molecular complexity index is 559. The molecular formula is C16H18BrNO2. The predicted octanol–water partition coefficient (Wildman–Crippen LogP) is 3.53. The lowest BCUT2D eigenvalue weighted by Crippen LogP contribution is -2.42. The number of furan rings is 1. The van der Waals surface area contributed by atoms with Gasteiger partial charge in [-0.2, -0.15) is 0 Å². The smallest absolute Gasteiger partial charge is 0.169 e. The maximum absolute atomic E-state index is 10.8. The molecule has 3 rings (SSSR count). The minimum atomic E-state index is -0.679. The molecule has 0 radical (unpaired) electrons. The summed E-state index contributed by atoms with van der Waals surface area (Å²) < 4.78 is 6.30. The summed E-state index contributed by atoms with van der Waals surface area (Å²) in [4.78, 5) is 2.32. The molecule has 1 fully saturated rings. The van der Waals surface area contributed by atoms with E-state index in [9.17, 15) is 5.11 Å². The van der Waals surface area contributed by atoms with Gasteiger partial charge in [0.2, 0.25) is 0 Å². The molecule has 1 aliphatic rings. The van der Waals surface area contributed by atoms with E-state index in [1.807, 2.05) is 42.5 Å². The van der Waals surface area contributed by atoms with E-state index in [2.05, 4.69) is 20.8 Å². The normalized spacial score (nSPS) is 19.1. The Morgan fingerprint density at radius 2 is 1.80 bits per heavy atom. The van der Waals surface area contributed by atoms with Gasteiger partial charge in [0.15, 0.2) is 4.67 Å². The SMILES string of the molecule is OC1(c2ccccc2)CCN(Cc2ccc(Br)o2)CC1. The second kappa shape index (κ2) is 5.72. The van der Waals surface area contributed by atoms with Gasteiger partial charge in [0.25, 0.3) is 0 Å². The molecule has 1 aromatic heterocycles. The molecule has 4 heteroatoms. The Labute approximate surface area is 127 Å². The van der Waals surface area contributed by atoms with Crippen molar-refractivity contribution in [1.82, 2.24) is 4.90 Å². The van der Waals surface area contributed by atoms with Gasteiger partial charge < -0.3 is 9.52 Å². The number of likely N-dealkylation sites (tertiary alicyclic amines) is 1. The zero-order valence-electron chi connectivity index (χ0n) is 11.3. The molecule has 0 amide bonds. The zero-order valence-corrected chi connectivity index (χ0v) is 12.8. The van der Waals surface area contributed by atoms with Gasteiger partial charge in [0, 0.05) is 13.1 Å². The molecule has 0 saturated carbocycles. The van der Waals surface area contributed by atoms with Crippen molar-refractivity contribution in [3.8, 4) is 0 Å². The lowest BCUT2D eigenvalue weighted by Gasteiger charge is -2.38. The van der Waals surface area contributed by atoms with Gasteiger partial charge in [0.1, 0.15) is 5.76 Å². The molecule has 0 unspecified atom stereocenters. The van der Waals surface area contributed by atoms with Crippen LogP contribution in [0.15, 0.2) is 51.6 Å². The van der Waals surface area contributed by atoms with Crippen LogP contribution in [0.2, 0.25) is 0 Å². The first-order valence-corrected chi connectivity index (χ1v) is 7.69. The number of nitrogens with zero attached hydrogens (tertiary/aromatic N) is 1. The largest absolute Gasteiger partial charge is 0.453 e. The summed E-state index contributed by atoms with van der Waals surface area (Å²) in [6.45, 7) is 2.56. The first kappa shape index (κ1) is 13.9. The van der Waals surface area contributed by atoms with E-state index in [0.717, 1.165) is 48.5 Å². The molecule has 1 N–H and O–H groups in total. The molecule has 106 valence electrons. The number of benzene rings is 1. The molecule has 20 heavy (non-hydrogen) atoms. The number of hydrogen-bond donors (Lipinski definition) is 1. The first-order chi connectivity index (χ1) is 9.66. The van der Waals surface area contributed by atoms with Crippen molar-refractivity contribution < 1.29 is 9.52 Å². The summed E-state index contributed by atoms with van der Waals surface area (Å²) >= 11 is 3.32. The Balaban J connectivity index is 1.62. The zero-order chi connectivity index (χ0) is 14.0. The minimum Gasteiger partial charge on any atom is -0.453 e. The number of halogens is 1. The average Bonchev–Trinajstić information content (AvgIpc) is 2.88. The predicted molar refractivity (Wildman–Crippen MR) is 81.3 cm³/mol. The summed E-state index contributed by atoms with van der Waals surface area (Å²) in [6, 6.07) is 13.9. The van der Waals surface area contributed by atoms with E-state index in [-0.39, 0.29) is 0 Å². The van der Waals surface area contributed by atoms with Crippen LogP contribution < -0.4 is 0 Å². The topological polar surface area (TPSA) is 36.6 Å². The summed E-state index contributed by atoms with van der Waals surface area (Å²) in [5.74, 6) is 0.960. The van der Waals surface area contributed by atoms with Crippen LogP contribution in [0.1, 0.15) is 24.2 Å². The van der Waals surface area contributed by atoms with Crippen LogP contribution in [0.3, 0.4) is 0 Å². The Hall–Kier alpha value is -1.10. The lowest BCUT2D eigenvalue weighted by molar-refractivity contribution is -0.0289. The van der Waals surface area contributed by atoms with Gasteiger partial charge in [-0.1, -0.05) is 30.3 Å². The van der Waals surface area contributed by atoms with Gasteiger partial charge in [-0.05, 0) is 46.5 Å². The van der Waals surface area contributed by atoms with Crippen LogP contribution >= 0.6 is 15.9 Å². The van der Waals surface area contributed by atoms with Crippen LogP contribution in [0.25, 0.3) is 0 Å². The van der Waals surface area contributed by atoms with Crippen molar-refractivity contribution in [1.29, 1.82) is 0 Å². The second-order valence-corrected chi connectivity index (χ2v) is 6.16. The third kappa shape index (κ3) is 2.97. The van der Waals surface area contributed by atoms with Gasteiger partial charge in [0.05, 0.1) is 12.1 Å². The van der Waals surface area contributed by atoms with Crippen molar-refractivity contribution >= 4 is 15.9 Å². The summed E-state index contributed by atoms with van der Waals surface area (Å²) in [6.07, 6.45) is 1.53. The van der Waals surface area contributed by atoms with Gasteiger partial charge in [-0.3, -0.25) is 4.90 Å². The first-order valence-electron chi connectivity index (χ1n) is 6.90. The van der Waals surface area contributed by atoms with Crippen molar-refractivity contribution in [2.24, 2.45) is 0 Å². The van der Waals surface area contributed by atoms with E-state index < -0.39 is 5.60 Å². The fraction of sp³-hybridized carbons (Fsp3) is 0.375. The molecule has 0 atom stereocenters. The Morgan fingerprint density at radius 3 is 2.40 bits per heavy atom. The molecule has 2 heterocycles. The lowest BCUT2D eigenvalue weighted by atomic mass is 9.84. The van der Waals surface area contributed by atoms with E-state index in [0.29, 0.717) is 0 Å². The van der Waals surface area contributed by atoms with Crippen molar-refractivity contribution in [2.45, 2.75) is 25.0 Å². The summed E-state index contributed by atoms with van der Waals surface area (Å²) in [5.41, 5.74) is 0.349. The minimum absolute atomic E-state index is 0.679. The van der Waals surface area contributed by atoms with Crippen molar-refractivity contribution in [3.63, 3.8) is 0 Å². The molecule has 3 nitrogen and oxygen atoms in total. The third-order valence-electron chi connectivity index (χ3n) is 4.00. The van der Waals surface area contributed by atoms with Gasteiger partial charge in [-0.15, -0.1) is 0 Å². The summed E-state index contributed by atoms with van der Waals surface area (Å²) in [7, 11) is 0. The van der Waals surface area contributed by atoms with Gasteiger partial charge in [-0.25, -0.2) is 0 Å². The van der Waals surface area contributed by atoms with Crippen LogP contribution in [-0.4, -0.2) is 23.1 Å². The molecule has 1 saturated heterocycles. The molecule has 0 aliphatic carbocycles. The maximum Gasteiger partial charge on any atom is 0.169 e. The Morgan fingerprint density at radius 1 is 1.10 bits per heavy atom. The molecule has 0 spiro atoms. The number of rotatable bonds is 3. The van der Waals surface area contributed by atoms with Crippen molar-refractivity contribution in [2.75, 3.05) is 13.1 Å². The number of hydrogen-bond acceptors (Lipinski definition) is 3. The number of aliphatic hydroxyl groups is 1. The van der Waals surface area contributed by atoms with E-state index >= 15 is 0 Å². The maximum atomic E-state index is 10.8. The highest BCUT2D eigenvalue weighted by Gasteiger charge is 2.33. The molecule has 2 aromatic rings. The fourth-order valence-corrected chi connectivity index (χ4v) is 3.12. The average molecular weight is 336 g/mol. The Kier molecular flexibility index (Phi) is 3.96. The quantitative estimate of drug-likeness (QED) is 0.932. The second-order valence-electron chi connectivity index (χ2n) is 5.38. The van der Waals surface area contributed by atoms with Gasteiger partial charge >= 0.3 is 0 Å². The van der Waals surface area contributed by atoms with Crippen LogP contribution in [-0.2, 0) is 12.1 Å². The molecule has 0 bridgehead atoms. The highest BCUT2D eigenvalue weighted by molar-refractivity contribution is 9.10. The van der Waals surface area contributed by atoms with Crippen molar-refractivity contribution in [3.05, 3.63) is 58.5 Å². The monoisotopic (exact) mass is 335 g/mol. The van der Waals surface area contributed by atoms with E-state index in [4.69, 9.17) is 4.42 Å². The van der Waals surface area contributed by atoms with Crippen LogP contribution in [0.4, 0.5) is 0 Å². The third-order valence-corrected chi connectivity index (χ3v) is 4.43.